The van der Waals surface area contributed by atoms with Crippen LogP contribution < -0.4 is 0 Å². The molecule has 0 aliphatic carbocycles. The molecule has 0 rings (SSSR count). The lowest BCUT2D eigenvalue weighted by Gasteiger charge is -2.00. The van der Waals surface area contributed by atoms with Gasteiger partial charge in [-0.3, -0.25) is 4.99 Å². The van der Waals surface area contributed by atoms with Gasteiger partial charge in [0.1, 0.15) is 5.76 Å². The van der Waals surface area contributed by atoms with Gasteiger partial charge >= 0.3 is 0 Å². The standard InChI is InChI=1S/C10H17NOS/c1-5-9(12-4)6-10(13)7-11-8(2)3/h5-6,13H,7H2,1-4H3/b9-5+,10-6+. The van der Waals surface area contributed by atoms with Crippen LogP contribution in [0.4, 0.5) is 0 Å². The van der Waals surface area contributed by atoms with E-state index in [1.54, 1.807) is 7.11 Å². The summed E-state index contributed by atoms with van der Waals surface area (Å²) >= 11 is 4.29. The van der Waals surface area contributed by atoms with Gasteiger partial charge in [0.05, 0.1) is 13.7 Å². The molecule has 0 fully saturated rings. The van der Waals surface area contributed by atoms with Crippen molar-refractivity contribution in [3.8, 4) is 0 Å². The quantitative estimate of drug-likeness (QED) is 0.320. The highest BCUT2D eigenvalue weighted by atomic mass is 32.1. The molecule has 0 saturated carbocycles. The van der Waals surface area contributed by atoms with Crippen LogP contribution in [0.25, 0.3) is 0 Å². The molecule has 2 nitrogen and oxygen atoms in total. The molecule has 13 heavy (non-hydrogen) atoms. The van der Waals surface area contributed by atoms with E-state index in [2.05, 4.69) is 17.6 Å². The van der Waals surface area contributed by atoms with Gasteiger partial charge in [-0.25, -0.2) is 0 Å². The molecule has 0 unspecified atom stereocenters. The third-order valence-corrected chi connectivity index (χ3v) is 1.66. The summed E-state index contributed by atoms with van der Waals surface area (Å²) in [7, 11) is 1.64. The monoisotopic (exact) mass is 199 g/mol. The van der Waals surface area contributed by atoms with Crippen molar-refractivity contribution in [3.63, 3.8) is 0 Å². The molecule has 0 aliphatic rings. The van der Waals surface area contributed by atoms with E-state index in [9.17, 15) is 0 Å². The molecule has 0 heterocycles. The zero-order valence-electron chi connectivity index (χ0n) is 8.66. The summed E-state index contributed by atoms with van der Waals surface area (Å²) < 4.78 is 5.06. The first-order valence-corrected chi connectivity index (χ1v) is 4.62. The highest BCUT2D eigenvalue weighted by Gasteiger charge is 1.92. The van der Waals surface area contributed by atoms with Gasteiger partial charge < -0.3 is 4.74 Å². The van der Waals surface area contributed by atoms with Crippen molar-refractivity contribution < 1.29 is 4.74 Å². The first kappa shape index (κ1) is 12.3. The van der Waals surface area contributed by atoms with Crippen LogP contribution in [0.15, 0.2) is 27.8 Å². The van der Waals surface area contributed by atoms with Crippen LogP contribution in [-0.2, 0) is 4.74 Å². The Hall–Kier alpha value is -0.700. The highest BCUT2D eigenvalue weighted by molar-refractivity contribution is 7.84. The molecule has 0 saturated heterocycles. The lowest BCUT2D eigenvalue weighted by Crippen LogP contribution is -1.89. The van der Waals surface area contributed by atoms with E-state index in [-0.39, 0.29) is 0 Å². The van der Waals surface area contributed by atoms with Crippen molar-refractivity contribution in [2.75, 3.05) is 13.7 Å². The van der Waals surface area contributed by atoms with Crippen molar-refractivity contribution in [1.82, 2.24) is 0 Å². The zero-order valence-corrected chi connectivity index (χ0v) is 9.56. The van der Waals surface area contributed by atoms with Crippen molar-refractivity contribution >= 4 is 18.3 Å². The number of methoxy groups -OCH3 is 1. The second-order valence-electron chi connectivity index (χ2n) is 2.79. The minimum atomic E-state index is 0.617. The number of allylic oxidation sites excluding steroid dienone is 2. The summed E-state index contributed by atoms with van der Waals surface area (Å²) in [5.41, 5.74) is 1.05. The lowest BCUT2D eigenvalue weighted by molar-refractivity contribution is 0.306. The molecule has 0 spiro atoms. The SMILES string of the molecule is C/C=C(\C=C(\S)CN=C(C)C)OC. The minimum absolute atomic E-state index is 0.617. The largest absolute Gasteiger partial charge is 0.497 e. The molecule has 74 valence electrons. The van der Waals surface area contributed by atoms with Crippen LogP contribution in [-0.4, -0.2) is 19.4 Å². The maximum atomic E-state index is 5.06. The van der Waals surface area contributed by atoms with E-state index in [4.69, 9.17) is 4.74 Å². The first-order chi connectivity index (χ1) is 6.10. The van der Waals surface area contributed by atoms with Crippen LogP contribution in [0.3, 0.4) is 0 Å². The van der Waals surface area contributed by atoms with E-state index >= 15 is 0 Å². The normalized spacial score (nSPS) is 12.7. The lowest BCUT2D eigenvalue weighted by atomic mass is 10.4. The number of nitrogens with zero attached hydrogens (tertiary/aromatic N) is 1. The number of hydrogen-bond donors (Lipinski definition) is 1. The van der Waals surface area contributed by atoms with Crippen LogP contribution in [0, 0.1) is 0 Å². The summed E-state index contributed by atoms with van der Waals surface area (Å²) in [5, 5.41) is 0. The summed E-state index contributed by atoms with van der Waals surface area (Å²) in [4.78, 5) is 5.13. The Bertz CT molecular complexity index is 237. The van der Waals surface area contributed by atoms with Gasteiger partial charge in [-0.2, -0.15) is 0 Å². The molecule has 0 aromatic carbocycles. The first-order valence-electron chi connectivity index (χ1n) is 4.17. The molecule has 3 heteroatoms. The van der Waals surface area contributed by atoms with Gasteiger partial charge in [0.15, 0.2) is 0 Å². The molecule has 0 N–H and O–H groups in total. The van der Waals surface area contributed by atoms with E-state index in [1.165, 1.54) is 0 Å². The molecular weight excluding hydrogens is 182 g/mol. The Morgan fingerprint density at radius 3 is 2.46 bits per heavy atom. The molecule has 0 bridgehead atoms. The van der Waals surface area contributed by atoms with Gasteiger partial charge in [-0.05, 0) is 32.9 Å². The van der Waals surface area contributed by atoms with Gasteiger partial charge in [-0.15, -0.1) is 12.6 Å². The third-order valence-electron chi connectivity index (χ3n) is 1.39. The average molecular weight is 199 g/mol. The third kappa shape index (κ3) is 6.46. The number of aliphatic imine (C=N–C) groups is 1. The Labute approximate surface area is 85.8 Å². The molecule has 0 atom stereocenters. The molecular formula is C10H17NOS. The van der Waals surface area contributed by atoms with Gasteiger partial charge in [0.2, 0.25) is 0 Å². The smallest absolute Gasteiger partial charge is 0.115 e. The number of hydrogen-bond acceptors (Lipinski definition) is 3. The molecule has 0 aromatic heterocycles. The Kier molecular flexibility index (Phi) is 6.41. The molecule has 0 radical (unpaired) electrons. The van der Waals surface area contributed by atoms with Gasteiger partial charge in [0.25, 0.3) is 0 Å². The molecule has 0 aromatic rings. The Balaban J connectivity index is 4.24. The maximum Gasteiger partial charge on any atom is 0.115 e. The van der Waals surface area contributed by atoms with Crippen LogP contribution in [0.1, 0.15) is 20.8 Å². The van der Waals surface area contributed by atoms with E-state index in [0.29, 0.717) is 6.54 Å². The topological polar surface area (TPSA) is 21.6 Å². The average Bonchev–Trinajstić information content (AvgIpc) is 2.10. The summed E-state index contributed by atoms with van der Waals surface area (Å²) in [6, 6.07) is 0. The fourth-order valence-corrected chi connectivity index (χ4v) is 0.907. The zero-order chi connectivity index (χ0) is 10.3. The number of ether oxygens (including phenoxy) is 1. The highest BCUT2D eigenvalue weighted by Crippen LogP contribution is 2.07. The van der Waals surface area contributed by atoms with E-state index in [1.807, 2.05) is 32.9 Å². The summed E-state index contributed by atoms with van der Waals surface area (Å²) in [6.07, 6.45) is 3.76. The molecule has 0 aliphatic heterocycles. The van der Waals surface area contributed by atoms with Crippen LogP contribution >= 0.6 is 12.6 Å². The maximum absolute atomic E-state index is 5.06. The van der Waals surface area contributed by atoms with Crippen molar-refractivity contribution in [2.45, 2.75) is 20.8 Å². The van der Waals surface area contributed by atoms with Crippen molar-refractivity contribution in [1.29, 1.82) is 0 Å². The van der Waals surface area contributed by atoms with Crippen molar-refractivity contribution in [3.05, 3.63) is 22.8 Å². The number of thiol groups is 1. The predicted octanol–water partition coefficient (Wildman–Crippen LogP) is 2.83. The van der Waals surface area contributed by atoms with Gasteiger partial charge in [0, 0.05) is 10.6 Å². The van der Waals surface area contributed by atoms with Gasteiger partial charge in [-0.1, -0.05) is 0 Å². The van der Waals surface area contributed by atoms with Crippen LogP contribution in [0.2, 0.25) is 0 Å². The summed E-state index contributed by atoms with van der Waals surface area (Å²) in [5.74, 6) is 0.814. The Morgan fingerprint density at radius 1 is 1.46 bits per heavy atom. The fourth-order valence-electron chi connectivity index (χ4n) is 0.709. The predicted molar refractivity (Wildman–Crippen MR) is 61.5 cm³/mol. The van der Waals surface area contributed by atoms with E-state index in [0.717, 1.165) is 16.4 Å². The fraction of sp³-hybridized carbons (Fsp3) is 0.500. The minimum Gasteiger partial charge on any atom is -0.497 e. The van der Waals surface area contributed by atoms with E-state index < -0.39 is 0 Å². The Morgan fingerprint density at radius 2 is 2.08 bits per heavy atom. The van der Waals surface area contributed by atoms with Crippen molar-refractivity contribution in [2.24, 2.45) is 4.99 Å². The van der Waals surface area contributed by atoms with Crippen LogP contribution in [0.5, 0.6) is 0 Å². The second kappa shape index (κ2) is 6.78. The second-order valence-corrected chi connectivity index (χ2v) is 3.37. The summed E-state index contributed by atoms with van der Waals surface area (Å²) in [6.45, 7) is 6.47. The molecule has 0 amide bonds. The number of rotatable bonds is 4.